The molecule has 154 valence electrons. The third-order valence-corrected chi connectivity index (χ3v) is 5.51. The van der Waals surface area contributed by atoms with E-state index >= 15 is 0 Å². The summed E-state index contributed by atoms with van der Waals surface area (Å²) in [6.45, 7) is 7.06. The van der Waals surface area contributed by atoms with E-state index in [1.165, 1.54) is 0 Å². The Hall–Kier alpha value is -1.91. The summed E-state index contributed by atoms with van der Waals surface area (Å²) in [4.78, 5) is 31.4. The third-order valence-electron chi connectivity index (χ3n) is 4.60. The third kappa shape index (κ3) is 5.12. The van der Waals surface area contributed by atoms with Crippen LogP contribution in [0.2, 0.25) is 0 Å². The van der Waals surface area contributed by atoms with Gasteiger partial charge in [0, 0.05) is 11.6 Å². The number of carboxylic acids is 1. The SMILES string of the molecule is CC(C)(C)c1ccnc(NC2COC3C(NC(=O)CSCC(=O)O)COC23)n1. The van der Waals surface area contributed by atoms with Crippen LogP contribution < -0.4 is 10.6 Å². The number of carbonyl (C=O) groups excluding carboxylic acids is 1. The number of rotatable bonds is 7. The minimum Gasteiger partial charge on any atom is -0.481 e. The molecule has 2 aliphatic heterocycles. The van der Waals surface area contributed by atoms with Gasteiger partial charge in [0.2, 0.25) is 11.9 Å². The molecule has 28 heavy (non-hydrogen) atoms. The normalized spacial score (nSPS) is 26.7. The molecule has 4 unspecified atom stereocenters. The van der Waals surface area contributed by atoms with Gasteiger partial charge < -0.3 is 25.2 Å². The van der Waals surface area contributed by atoms with E-state index in [0.29, 0.717) is 19.2 Å². The Kier molecular flexibility index (Phi) is 6.41. The topological polar surface area (TPSA) is 123 Å². The maximum absolute atomic E-state index is 12.0. The molecule has 0 aromatic carbocycles. The number of carbonyl (C=O) groups is 2. The number of aromatic nitrogens is 2. The number of anilines is 1. The maximum atomic E-state index is 12.0. The van der Waals surface area contributed by atoms with E-state index in [-0.39, 0.29) is 47.1 Å². The summed E-state index contributed by atoms with van der Waals surface area (Å²) >= 11 is 1.06. The summed E-state index contributed by atoms with van der Waals surface area (Å²) in [5.74, 6) is -0.635. The van der Waals surface area contributed by atoms with Crippen molar-refractivity contribution in [3.63, 3.8) is 0 Å². The van der Waals surface area contributed by atoms with Gasteiger partial charge in [-0.3, -0.25) is 9.59 Å². The lowest BCUT2D eigenvalue weighted by atomic mass is 9.92. The average Bonchev–Trinajstić information content (AvgIpc) is 3.18. The monoisotopic (exact) mass is 410 g/mol. The molecule has 0 aliphatic carbocycles. The van der Waals surface area contributed by atoms with Crippen molar-refractivity contribution in [2.75, 3.05) is 30.0 Å². The van der Waals surface area contributed by atoms with Crippen LogP contribution in [0.25, 0.3) is 0 Å². The highest BCUT2D eigenvalue weighted by molar-refractivity contribution is 8.00. The Bertz CT molecular complexity index is 726. The van der Waals surface area contributed by atoms with Crippen molar-refractivity contribution in [3.8, 4) is 0 Å². The maximum Gasteiger partial charge on any atom is 0.313 e. The first-order chi connectivity index (χ1) is 13.2. The van der Waals surface area contributed by atoms with Crippen LogP contribution in [-0.2, 0) is 24.5 Å². The fourth-order valence-electron chi connectivity index (χ4n) is 3.24. The van der Waals surface area contributed by atoms with Gasteiger partial charge in [-0.25, -0.2) is 9.97 Å². The van der Waals surface area contributed by atoms with Crippen LogP contribution in [0.15, 0.2) is 12.3 Å². The van der Waals surface area contributed by atoms with Gasteiger partial charge in [-0.1, -0.05) is 20.8 Å². The van der Waals surface area contributed by atoms with Gasteiger partial charge in [-0.05, 0) is 6.07 Å². The van der Waals surface area contributed by atoms with Crippen molar-refractivity contribution < 1.29 is 24.2 Å². The van der Waals surface area contributed by atoms with Crippen LogP contribution in [-0.4, -0.2) is 76.0 Å². The second kappa shape index (κ2) is 8.62. The Morgan fingerprint density at radius 2 is 1.89 bits per heavy atom. The number of fused-ring (bicyclic) bond motifs is 1. The Morgan fingerprint density at radius 1 is 1.21 bits per heavy atom. The van der Waals surface area contributed by atoms with Crippen molar-refractivity contribution in [1.82, 2.24) is 15.3 Å². The summed E-state index contributed by atoms with van der Waals surface area (Å²) in [6.07, 6.45) is 1.27. The predicted octanol–water partition coefficient (Wildman–Crippen LogP) is 0.655. The molecule has 2 fully saturated rings. The zero-order valence-electron chi connectivity index (χ0n) is 16.2. The van der Waals surface area contributed by atoms with Crippen molar-refractivity contribution in [3.05, 3.63) is 18.0 Å². The van der Waals surface area contributed by atoms with Gasteiger partial charge in [-0.15, -0.1) is 11.8 Å². The minimum absolute atomic E-state index is 0.0774. The fourth-order valence-corrected chi connectivity index (χ4v) is 3.78. The second-order valence-electron chi connectivity index (χ2n) is 7.92. The molecule has 0 spiro atoms. The quantitative estimate of drug-likeness (QED) is 0.595. The number of carboxylic acid groups (broad SMARTS) is 1. The number of hydrogen-bond acceptors (Lipinski definition) is 8. The highest BCUT2D eigenvalue weighted by Gasteiger charge is 2.48. The highest BCUT2D eigenvalue weighted by atomic mass is 32.2. The lowest BCUT2D eigenvalue weighted by molar-refractivity contribution is -0.133. The highest BCUT2D eigenvalue weighted by Crippen LogP contribution is 2.29. The molecule has 10 heteroatoms. The average molecular weight is 410 g/mol. The van der Waals surface area contributed by atoms with Crippen LogP contribution in [0.3, 0.4) is 0 Å². The van der Waals surface area contributed by atoms with Gasteiger partial charge in [0.1, 0.15) is 12.2 Å². The van der Waals surface area contributed by atoms with Gasteiger partial charge in [0.05, 0.1) is 42.5 Å². The summed E-state index contributed by atoms with van der Waals surface area (Å²) in [5, 5.41) is 14.8. The zero-order chi connectivity index (χ0) is 20.3. The standard InChI is InChI=1S/C18H26N4O5S/c1-18(2,3)12-4-5-19-17(22-12)21-11-7-27-15-10(6-26-16(11)15)20-13(23)8-28-9-14(24)25/h4-5,10-11,15-16H,6-9H2,1-3H3,(H,20,23)(H,24,25)(H,19,21,22). The van der Waals surface area contributed by atoms with E-state index in [2.05, 4.69) is 41.4 Å². The van der Waals surface area contributed by atoms with Gasteiger partial charge in [0.15, 0.2) is 0 Å². The van der Waals surface area contributed by atoms with E-state index in [1.807, 2.05) is 6.07 Å². The number of hydrogen-bond donors (Lipinski definition) is 3. The van der Waals surface area contributed by atoms with E-state index in [4.69, 9.17) is 14.6 Å². The molecule has 4 atom stereocenters. The molecule has 3 heterocycles. The fraction of sp³-hybridized carbons (Fsp3) is 0.667. The molecular weight excluding hydrogens is 384 g/mol. The van der Waals surface area contributed by atoms with E-state index < -0.39 is 5.97 Å². The molecular formula is C18H26N4O5S. The number of nitrogens with zero attached hydrogens (tertiary/aromatic N) is 2. The number of aliphatic carboxylic acids is 1. The summed E-state index contributed by atoms with van der Waals surface area (Å²) in [7, 11) is 0. The predicted molar refractivity (Wildman–Crippen MR) is 105 cm³/mol. The van der Waals surface area contributed by atoms with Crippen molar-refractivity contribution >= 4 is 29.6 Å². The number of nitrogens with one attached hydrogen (secondary N) is 2. The Morgan fingerprint density at radius 3 is 2.57 bits per heavy atom. The molecule has 1 aromatic heterocycles. The first kappa shape index (κ1) is 20.8. The van der Waals surface area contributed by atoms with E-state index in [9.17, 15) is 9.59 Å². The molecule has 3 rings (SSSR count). The zero-order valence-corrected chi connectivity index (χ0v) is 17.0. The van der Waals surface area contributed by atoms with Gasteiger partial charge in [0.25, 0.3) is 0 Å². The van der Waals surface area contributed by atoms with Crippen LogP contribution in [0.4, 0.5) is 5.95 Å². The van der Waals surface area contributed by atoms with Crippen LogP contribution in [0, 0.1) is 0 Å². The lowest BCUT2D eigenvalue weighted by Gasteiger charge is -2.21. The lowest BCUT2D eigenvalue weighted by Crippen LogP contribution is -2.45. The van der Waals surface area contributed by atoms with E-state index in [0.717, 1.165) is 17.5 Å². The first-order valence-corrected chi connectivity index (χ1v) is 10.3. The Labute approximate surface area is 168 Å². The van der Waals surface area contributed by atoms with Crippen molar-refractivity contribution in [1.29, 1.82) is 0 Å². The van der Waals surface area contributed by atoms with Crippen molar-refractivity contribution in [2.24, 2.45) is 0 Å². The number of amides is 1. The van der Waals surface area contributed by atoms with Crippen molar-refractivity contribution in [2.45, 2.75) is 50.5 Å². The van der Waals surface area contributed by atoms with Gasteiger partial charge in [-0.2, -0.15) is 0 Å². The van der Waals surface area contributed by atoms with Crippen LogP contribution in [0.5, 0.6) is 0 Å². The first-order valence-electron chi connectivity index (χ1n) is 9.16. The molecule has 0 bridgehead atoms. The summed E-state index contributed by atoms with van der Waals surface area (Å²) < 4.78 is 11.7. The molecule has 1 amide bonds. The molecule has 3 N–H and O–H groups in total. The molecule has 0 radical (unpaired) electrons. The molecule has 0 saturated carbocycles. The van der Waals surface area contributed by atoms with E-state index in [1.54, 1.807) is 6.20 Å². The smallest absolute Gasteiger partial charge is 0.313 e. The molecule has 1 aromatic rings. The molecule has 9 nitrogen and oxygen atoms in total. The Balaban J connectivity index is 1.54. The van der Waals surface area contributed by atoms with Crippen LogP contribution >= 0.6 is 11.8 Å². The largest absolute Gasteiger partial charge is 0.481 e. The second-order valence-corrected chi connectivity index (χ2v) is 8.91. The van der Waals surface area contributed by atoms with Crippen LogP contribution in [0.1, 0.15) is 26.5 Å². The summed E-state index contributed by atoms with van der Waals surface area (Å²) in [6, 6.07) is 1.54. The minimum atomic E-state index is -0.937. The molecule has 2 saturated heterocycles. The molecule has 2 aliphatic rings. The van der Waals surface area contributed by atoms with Gasteiger partial charge >= 0.3 is 5.97 Å². The number of ether oxygens (including phenoxy) is 2. The summed E-state index contributed by atoms with van der Waals surface area (Å²) in [5.41, 5.74) is 0.864. The number of thioether (sulfide) groups is 1.